The van der Waals surface area contributed by atoms with Gasteiger partial charge in [-0.15, -0.1) is 0 Å². The molecule has 4 nitrogen and oxygen atoms in total. The first-order valence-electron chi connectivity index (χ1n) is 5.29. The molecule has 0 bridgehead atoms. The number of hydrogen-bond acceptors (Lipinski definition) is 3. The maximum Gasteiger partial charge on any atom is 0.472 e. The number of rotatable bonds is 8. The van der Waals surface area contributed by atoms with Crippen LogP contribution in [-0.4, -0.2) is 29.5 Å². The van der Waals surface area contributed by atoms with Crippen LogP contribution in [0.25, 0.3) is 0 Å². The van der Waals surface area contributed by atoms with Gasteiger partial charge in [0.2, 0.25) is 5.91 Å². The van der Waals surface area contributed by atoms with Crippen LogP contribution in [0.4, 0.5) is 0 Å². The second kappa shape index (κ2) is 9.03. The summed E-state index contributed by atoms with van der Waals surface area (Å²) in [4.78, 5) is 11.0. The van der Waals surface area contributed by atoms with Crippen LogP contribution in [0.5, 0.6) is 0 Å². The third kappa shape index (κ3) is 9.54. The van der Waals surface area contributed by atoms with E-state index in [9.17, 15) is 4.79 Å². The Morgan fingerprint density at radius 3 is 2.43 bits per heavy atom. The monoisotopic (exact) mass is 201 g/mol. The summed E-state index contributed by atoms with van der Waals surface area (Å²) in [6.07, 6.45) is 5.95. The summed E-state index contributed by atoms with van der Waals surface area (Å²) in [7, 11) is -1.45. The Hall–Kier alpha value is -0.545. The van der Waals surface area contributed by atoms with Gasteiger partial charge in [-0.2, -0.15) is 0 Å². The maximum absolute atomic E-state index is 11.0. The lowest BCUT2D eigenvalue weighted by molar-refractivity contribution is -0.121. The van der Waals surface area contributed by atoms with Gasteiger partial charge in [0, 0.05) is 6.42 Å². The highest BCUT2D eigenvalue weighted by Gasteiger charge is 2.08. The Morgan fingerprint density at radius 1 is 1.21 bits per heavy atom. The third-order valence-corrected chi connectivity index (χ3v) is 1.99. The normalized spacial score (nSPS) is 9.93. The molecule has 0 aliphatic carbocycles. The Labute approximate surface area is 85.9 Å². The fourth-order valence-electron chi connectivity index (χ4n) is 1.18. The molecule has 82 valence electrons. The number of hydrogen-bond donors (Lipinski definition) is 3. The van der Waals surface area contributed by atoms with Gasteiger partial charge in [-0.3, -0.25) is 4.79 Å². The van der Waals surface area contributed by atoms with Gasteiger partial charge in [0.1, 0.15) is 0 Å². The molecule has 0 unspecified atom stereocenters. The summed E-state index contributed by atoms with van der Waals surface area (Å²) in [6, 6.07) is 0. The van der Waals surface area contributed by atoms with Crippen LogP contribution in [0.2, 0.25) is 0 Å². The van der Waals surface area contributed by atoms with E-state index in [-0.39, 0.29) is 12.4 Å². The fraction of sp³-hybridized carbons (Fsp3) is 0.889. The van der Waals surface area contributed by atoms with Crippen LogP contribution in [0.1, 0.15) is 45.4 Å². The van der Waals surface area contributed by atoms with Gasteiger partial charge >= 0.3 is 7.12 Å². The first kappa shape index (κ1) is 13.5. The highest BCUT2D eigenvalue weighted by Crippen LogP contribution is 2.04. The van der Waals surface area contributed by atoms with E-state index in [0.717, 1.165) is 12.8 Å². The molecule has 0 atom stereocenters. The number of amides is 1. The molecule has 0 radical (unpaired) electrons. The highest BCUT2D eigenvalue weighted by atomic mass is 16.4. The van der Waals surface area contributed by atoms with E-state index in [2.05, 4.69) is 12.2 Å². The van der Waals surface area contributed by atoms with Crippen molar-refractivity contribution in [2.45, 2.75) is 45.4 Å². The molecule has 0 saturated carbocycles. The zero-order valence-corrected chi connectivity index (χ0v) is 8.83. The van der Waals surface area contributed by atoms with Crippen LogP contribution in [0.3, 0.4) is 0 Å². The average molecular weight is 201 g/mol. The van der Waals surface area contributed by atoms with E-state index in [0.29, 0.717) is 6.42 Å². The van der Waals surface area contributed by atoms with Gasteiger partial charge in [-0.1, -0.05) is 32.6 Å². The topological polar surface area (TPSA) is 69.6 Å². The molecule has 1 amide bonds. The highest BCUT2D eigenvalue weighted by molar-refractivity contribution is 6.41. The molecule has 0 fully saturated rings. The Kier molecular flexibility index (Phi) is 8.68. The van der Waals surface area contributed by atoms with Crippen molar-refractivity contribution in [2.75, 3.05) is 6.44 Å². The quantitative estimate of drug-likeness (QED) is 0.395. The second-order valence-corrected chi connectivity index (χ2v) is 3.45. The van der Waals surface area contributed by atoms with Gasteiger partial charge in [0.15, 0.2) is 0 Å². The molecular weight excluding hydrogens is 181 g/mol. The molecule has 0 heterocycles. The minimum atomic E-state index is -1.45. The molecule has 0 aromatic heterocycles. The van der Waals surface area contributed by atoms with Crippen molar-refractivity contribution in [2.24, 2.45) is 0 Å². The van der Waals surface area contributed by atoms with E-state index in [1.54, 1.807) is 0 Å². The minimum Gasteiger partial charge on any atom is -0.426 e. The number of unbranched alkanes of at least 4 members (excludes halogenated alkanes) is 4. The van der Waals surface area contributed by atoms with Gasteiger partial charge < -0.3 is 15.4 Å². The zero-order valence-electron chi connectivity index (χ0n) is 8.83. The zero-order chi connectivity index (χ0) is 10.8. The Bertz CT molecular complexity index is 153. The van der Waals surface area contributed by atoms with Crippen LogP contribution >= 0.6 is 0 Å². The molecule has 0 rings (SSSR count). The maximum atomic E-state index is 11.0. The summed E-state index contributed by atoms with van der Waals surface area (Å²) >= 11 is 0. The van der Waals surface area contributed by atoms with Gasteiger partial charge in [0.05, 0.1) is 6.44 Å². The van der Waals surface area contributed by atoms with Crippen molar-refractivity contribution in [3.05, 3.63) is 0 Å². The Morgan fingerprint density at radius 2 is 1.86 bits per heavy atom. The molecule has 0 spiro atoms. The van der Waals surface area contributed by atoms with E-state index in [4.69, 9.17) is 10.0 Å². The van der Waals surface area contributed by atoms with Gasteiger partial charge in [-0.05, 0) is 6.42 Å². The van der Waals surface area contributed by atoms with E-state index in [1.165, 1.54) is 19.3 Å². The number of carbonyl (C=O) groups excluding carboxylic acids is 1. The van der Waals surface area contributed by atoms with Crippen molar-refractivity contribution in [3.63, 3.8) is 0 Å². The average Bonchev–Trinajstić information content (AvgIpc) is 2.14. The van der Waals surface area contributed by atoms with Crippen molar-refractivity contribution in [3.8, 4) is 0 Å². The molecule has 14 heavy (non-hydrogen) atoms. The summed E-state index contributed by atoms with van der Waals surface area (Å²) in [5.74, 6) is -0.102. The van der Waals surface area contributed by atoms with Crippen molar-refractivity contribution < 1.29 is 14.8 Å². The van der Waals surface area contributed by atoms with Crippen molar-refractivity contribution >= 4 is 13.0 Å². The third-order valence-electron chi connectivity index (χ3n) is 1.99. The number of nitrogens with one attached hydrogen (secondary N) is 1. The summed E-state index contributed by atoms with van der Waals surface area (Å²) in [5.41, 5.74) is 0. The first-order chi connectivity index (χ1) is 6.66. The molecule has 0 aliphatic heterocycles. The van der Waals surface area contributed by atoms with Crippen LogP contribution < -0.4 is 5.32 Å². The van der Waals surface area contributed by atoms with Crippen molar-refractivity contribution in [1.29, 1.82) is 0 Å². The molecular formula is C9H20BNO3. The standard InChI is InChI=1S/C9H20BNO3/c1-2-3-4-5-6-7-9(12)11-8-10(13)14/h13-14H,2-8H2,1H3,(H,11,12). The summed E-state index contributed by atoms with van der Waals surface area (Å²) in [6.45, 7) is 2.15. The van der Waals surface area contributed by atoms with Crippen LogP contribution in [0.15, 0.2) is 0 Å². The van der Waals surface area contributed by atoms with Crippen LogP contribution in [-0.2, 0) is 4.79 Å². The largest absolute Gasteiger partial charge is 0.472 e. The summed E-state index contributed by atoms with van der Waals surface area (Å²) in [5, 5.41) is 19.4. The second-order valence-electron chi connectivity index (χ2n) is 3.45. The predicted octanol–water partition coefficient (Wildman–Crippen LogP) is 0.475. The molecule has 0 saturated heterocycles. The molecule has 3 N–H and O–H groups in total. The molecule has 0 aliphatic rings. The lowest BCUT2D eigenvalue weighted by Crippen LogP contribution is -2.34. The lowest BCUT2D eigenvalue weighted by atomic mass is 9.92. The first-order valence-corrected chi connectivity index (χ1v) is 5.29. The van der Waals surface area contributed by atoms with E-state index >= 15 is 0 Å². The minimum absolute atomic E-state index is 0.0756. The molecule has 0 aromatic carbocycles. The molecule has 0 aromatic rings. The van der Waals surface area contributed by atoms with E-state index in [1.807, 2.05) is 0 Å². The molecule has 5 heteroatoms. The van der Waals surface area contributed by atoms with Gasteiger partial charge in [0.25, 0.3) is 0 Å². The SMILES string of the molecule is CCCCCCCC(=O)NCB(O)O. The van der Waals surface area contributed by atoms with Crippen LogP contribution in [0, 0.1) is 0 Å². The fourth-order valence-corrected chi connectivity index (χ4v) is 1.18. The van der Waals surface area contributed by atoms with Crippen molar-refractivity contribution in [1.82, 2.24) is 5.32 Å². The summed E-state index contributed by atoms with van der Waals surface area (Å²) < 4.78 is 0. The predicted molar refractivity (Wildman–Crippen MR) is 56.6 cm³/mol. The van der Waals surface area contributed by atoms with E-state index < -0.39 is 7.12 Å². The number of carbonyl (C=O) groups is 1. The van der Waals surface area contributed by atoms with Gasteiger partial charge in [-0.25, -0.2) is 0 Å². The smallest absolute Gasteiger partial charge is 0.426 e. The Balaban J connectivity index is 3.18. The lowest BCUT2D eigenvalue weighted by Gasteiger charge is -2.03.